The molecule has 2 aromatic rings. The fourth-order valence-electron chi connectivity index (χ4n) is 2.24. The van der Waals surface area contributed by atoms with Gasteiger partial charge in [0.1, 0.15) is 13.2 Å². The van der Waals surface area contributed by atoms with E-state index in [0.29, 0.717) is 30.3 Å². The highest BCUT2D eigenvalue weighted by Gasteiger charge is 2.13. The second kappa shape index (κ2) is 10.6. The van der Waals surface area contributed by atoms with Crippen LogP contribution in [0.25, 0.3) is 0 Å². The summed E-state index contributed by atoms with van der Waals surface area (Å²) in [6, 6.07) is 12.3. The first-order valence-corrected chi connectivity index (χ1v) is 9.40. The normalized spacial score (nSPS) is 10.2. The zero-order valence-electron chi connectivity index (χ0n) is 15.3. The monoisotopic (exact) mass is 435 g/mol. The molecule has 0 aliphatic rings. The Bertz CT molecular complexity index is 776. The van der Waals surface area contributed by atoms with Crippen molar-refractivity contribution < 1.29 is 23.8 Å². The van der Waals surface area contributed by atoms with Crippen molar-refractivity contribution in [3.63, 3.8) is 0 Å². The van der Waals surface area contributed by atoms with Crippen molar-refractivity contribution in [2.24, 2.45) is 0 Å². The molecule has 2 aromatic carbocycles. The van der Waals surface area contributed by atoms with Crippen LogP contribution in [-0.4, -0.2) is 31.6 Å². The predicted octanol–water partition coefficient (Wildman–Crippen LogP) is 3.72. The fraction of sp³-hybridized carbons (Fsp3) is 0.300. The molecule has 6 nitrogen and oxygen atoms in total. The SMILES string of the molecule is CCOc1ccc(C(=O)NCC(=O)OCc2ccc(Br)cc2)cc1OCC. The second-order valence-corrected chi connectivity index (χ2v) is 6.41. The summed E-state index contributed by atoms with van der Waals surface area (Å²) >= 11 is 3.34. The number of rotatable bonds is 9. The molecule has 7 heteroatoms. The summed E-state index contributed by atoms with van der Waals surface area (Å²) < 4.78 is 17.1. The van der Waals surface area contributed by atoms with Gasteiger partial charge in [0.25, 0.3) is 5.91 Å². The molecule has 0 fully saturated rings. The number of carbonyl (C=O) groups excluding carboxylic acids is 2. The minimum atomic E-state index is -0.512. The Morgan fingerprint density at radius 2 is 1.63 bits per heavy atom. The van der Waals surface area contributed by atoms with Crippen molar-refractivity contribution >= 4 is 27.8 Å². The molecule has 0 spiro atoms. The van der Waals surface area contributed by atoms with E-state index in [0.717, 1.165) is 10.0 Å². The molecular formula is C20H22BrNO5. The van der Waals surface area contributed by atoms with Gasteiger partial charge in [-0.1, -0.05) is 28.1 Å². The number of nitrogens with one attached hydrogen (secondary N) is 1. The lowest BCUT2D eigenvalue weighted by Gasteiger charge is -2.12. The van der Waals surface area contributed by atoms with E-state index in [4.69, 9.17) is 14.2 Å². The Balaban J connectivity index is 1.87. The fourth-order valence-corrected chi connectivity index (χ4v) is 2.51. The third kappa shape index (κ3) is 6.60. The maximum absolute atomic E-state index is 12.3. The topological polar surface area (TPSA) is 73.9 Å². The molecule has 27 heavy (non-hydrogen) atoms. The van der Waals surface area contributed by atoms with Gasteiger partial charge in [-0.3, -0.25) is 9.59 Å². The van der Waals surface area contributed by atoms with E-state index in [1.165, 1.54) is 0 Å². The van der Waals surface area contributed by atoms with E-state index >= 15 is 0 Å². The van der Waals surface area contributed by atoms with E-state index in [2.05, 4.69) is 21.2 Å². The first-order valence-electron chi connectivity index (χ1n) is 8.61. The van der Waals surface area contributed by atoms with Crippen molar-refractivity contribution in [3.8, 4) is 11.5 Å². The van der Waals surface area contributed by atoms with Crippen LogP contribution in [0.15, 0.2) is 46.9 Å². The minimum absolute atomic E-state index is 0.152. The van der Waals surface area contributed by atoms with Gasteiger partial charge in [0, 0.05) is 10.0 Å². The van der Waals surface area contributed by atoms with Crippen LogP contribution < -0.4 is 14.8 Å². The summed E-state index contributed by atoms with van der Waals surface area (Å²) in [6.07, 6.45) is 0. The molecule has 0 aromatic heterocycles. The van der Waals surface area contributed by atoms with Gasteiger partial charge in [0.15, 0.2) is 11.5 Å². The number of carbonyl (C=O) groups is 2. The zero-order chi connectivity index (χ0) is 19.6. The summed E-state index contributed by atoms with van der Waals surface area (Å²) in [5.41, 5.74) is 1.24. The van der Waals surface area contributed by atoms with E-state index in [9.17, 15) is 9.59 Å². The minimum Gasteiger partial charge on any atom is -0.490 e. The van der Waals surface area contributed by atoms with Gasteiger partial charge < -0.3 is 19.5 Å². The lowest BCUT2D eigenvalue weighted by atomic mass is 10.2. The largest absolute Gasteiger partial charge is 0.490 e. The third-order valence-corrected chi connectivity index (χ3v) is 4.04. The maximum atomic E-state index is 12.3. The summed E-state index contributed by atoms with van der Waals surface area (Å²) in [7, 11) is 0. The zero-order valence-corrected chi connectivity index (χ0v) is 16.9. The van der Waals surface area contributed by atoms with Gasteiger partial charge in [0.2, 0.25) is 0 Å². The summed E-state index contributed by atoms with van der Waals surface area (Å²) in [4.78, 5) is 24.1. The lowest BCUT2D eigenvalue weighted by Crippen LogP contribution is -2.30. The van der Waals surface area contributed by atoms with Crippen LogP contribution >= 0.6 is 15.9 Å². The van der Waals surface area contributed by atoms with E-state index in [1.807, 2.05) is 38.1 Å². The molecule has 0 atom stereocenters. The molecule has 0 saturated heterocycles. The molecular weight excluding hydrogens is 414 g/mol. The predicted molar refractivity (Wildman–Crippen MR) is 105 cm³/mol. The Labute approximate surface area is 166 Å². The van der Waals surface area contributed by atoms with Crippen LogP contribution in [0.3, 0.4) is 0 Å². The highest BCUT2D eigenvalue weighted by atomic mass is 79.9. The van der Waals surface area contributed by atoms with Gasteiger partial charge >= 0.3 is 5.97 Å². The summed E-state index contributed by atoms with van der Waals surface area (Å²) in [5, 5.41) is 2.55. The first kappa shape index (κ1) is 20.8. The van der Waals surface area contributed by atoms with Crippen LogP contribution in [0.5, 0.6) is 11.5 Å². The molecule has 144 valence electrons. The van der Waals surface area contributed by atoms with Gasteiger partial charge in [-0.05, 0) is 49.7 Å². The average molecular weight is 436 g/mol. The molecule has 0 aliphatic heterocycles. The Morgan fingerprint density at radius 3 is 2.30 bits per heavy atom. The van der Waals surface area contributed by atoms with Gasteiger partial charge in [0.05, 0.1) is 13.2 Å². The lowest BCUT2D eigenvalue weighted by molar-refractivity contribution is -0.143. The highest BCUT2D eigenvalue weighted by molar-refractivity contribution is 9.10. The Morgan fingerprint density at radius 1 is 0.963 bits per heavy atom. The van der Waals surface area contributed by atoms with Crippen molar-refractivity contribution in [1.82, 2.24) is 5.32 Å². The number of halogens is 1. The number of amides is 1. The molecule has 0 unspecified atom stereocenters. The average Bonchev–Trinajstić information content (AvgIpc) is 2.67. The Hall–Kier alpha value is -2.54. The number of hydrogen-bond donors (Lipinski definition) is 1. The molecule has 1 N–H and O–H groups in total. The molecule has 0 saturated carbocycles. The second-order valence-electron chi connectivity index (χ2n) is 5.50. The highest BCUT2D eigenvalue weighted by Crippen LogP contribution is 2.28. The summed E-state index contributed by atoms with van der Waals surface area (Å²) in [6.45, 7) is 4.61. The molecule has 1 amide bonds. The van der Waals surface area contributed by atoms with Gasteiger partial charge in [-0.25, -0.2) is 0 Å². The Kier molecular flexibility index (Phi) is 8.13. The van der Waals surface area contributed by atoms with Crippen LogP contribution in [0.4, 0.5) is 0 Å². The van der Waals surface area contributed by atoms with E-state index < -0.39 is 5.97 Å². The van der Waals surface area contributed by atoms with Crippen LogP contribution in [0, 0.1) is 0 Å². The van der Waals surface area contributed by atoms with Gasteiger partial charge in [-0.15, -0.1) is 0 Å². The van der Waals surface area contributed by atoms with E-state index in [-0.39, 0.29) is 19.1 Å². The van der Waals surface area contributed by atoms with Crippen LogP contribution in [0.2, 0.25) is 0 Å². The molecule has 0 radical (unpaired) electrons. The van der Waals surface area contributed by atoms with Crippen molar-refractivity contribution in [2.75, 3.05) is 19.8 Å². The van der Waals surface area contributed by atoms with E-state index in [1.54, 1.807) is 18.2 Å². The smallest absolute Gasteiger partial charge is 0.325 e. The molecule has 0 aliphatic carbocycles. The molecule has 2 rings (SSSR count). The quantitative estimate of drug-likeness (QED) is 0.607. The number of benzene rings is 2. The van der Waals surface area contributed by atoms with Crippen LogP contribution in [0.1, 0.15) is 29.8 Å². The third-order valence-electron chi connectivity index (χ3n) is 3.51. The number of hydrogen-bond acceptors (Lipinski definition) is 5. The maximum Gasteiger partial charge on any atom is 0.325 e. The van der Waals surface area contributed by atoms with Crippen molar-refractivity contribution in [2.45, 2.75) is 20.5 Å². The summed E-state index contributed by atoms with van der Waals surface area (Å²) in [5.74, 6) is 0.163. The number of ether oxygens (including phenoxy) is 3. The molecule has 0 heterocycles. The van der Waals surface area contributed by atoms with Crippen molar-refractivity contribution in [1.29, 1.82) is 0 Å². The number of esters is 1. The van der Waals surface area contributed by atoms with Crippen molar-refractivity contribution in [3.05, 3.63) is 58.1 Å². The van der Waals surface area contributed by atoms with Crippen LogP contribution in [-0.2, 0) is 16.1 Å². The standard InChI is InChI=1S/C20H22BrNO5/c1-3-25-17-10-7-15(11-18(17)26-4-2)20(24)22-12-19(23)27-13-14-5-8-16(21)9-6-14/h5-11H,3-4,12-13H2,1-2H3,(H,22,24). The van der Waals surface area contributed by atoms with Gasteiger partial charge in [-0.2, -0.15) is 0 Å². The first-order chi connectivity index (χ1) is 13.0. The molecule has 0 bridgehead atoms.